The zero-order chi connectivity index (χ0) is 28.1. The number of para-hydroxylation sites is 1. The van der Waals surface area contributed by atoms with Crippen molar-refractivity contribution in [3.63, 3.8) is 0 Å². The van der Waals surface area contributed by atoms with E-state index in [-0.39, 0.29) is 17.2 Å². The number of hydrogen-bond donors (Lipinski definition) is 1. The third kappa shape index (κ3) is 5.98. The molecule has 0 aliphatic carbocycles. The molecule has 40 heavy (non-hydrogen) atoms. The molecule has 1 amide bonds. The van der Waals surface area contributed by atoms with Gasteiger partial charge in [0.15, 0.2) is 5.16 Å². The highest BCUT2D eigenvalue weighted by molar-refractivity contribution is 7.99. The molecule has 0 saturated carbocycles. The molecule has 3 aromatic carbocycles. The van der Waals surface area contributed by atoms with E-state index in [0.29, 0.717) is 22.0 Å². The number of carbonyl (C=O) groups excluding carboxylic acids is 1. The Bertz CT molecular complexity index is 1710. The average Bonchev–Trinajstić information content (AvgIpc) is 3.41. The molecule has 8 heteroatoms. The van der Waals surface area contributed by atoms with Gasteiger partial charge >= 0.3 is 0 Å². The van der Waals surface area contributed by atoms with Crippen LogP contribution in [0, 0.1) is 0 Å². The summed E-state index contributed by atoms with van der Waals surface area (Å²) < 4.78 is 8.02. The van der Waals surface area contributed by atoms with Gasteiger partial charge in [0.1, 0.15) is 10.4 Å². The molecule has 1 N–H and O–H groups in total. The van der Waals surface area contributed by atoms with Crippen molar-refractivity contribution in [1.29, 1.82) is 0 Å². The van der Waals surface area contributed by atoms with Crippen LogP contribution in [0.1, 0.15) is 31.9 Å². The number of amides is 1. The van der Waals surface area contributed by atoms with Gasteiger partial charge in [-0.25, -0.2) is 4.98 Å². The van der Waals surface area contributed by atoms with Crippen molar-refractivity contribution in [3.8, 4) is 21.9 Å². The van der Waals surface area contributed by atoms with Gasteiger partial charge in [0, 0.05) is 16.1 Å². The lowest BCUT2D eigenvalue weighted by Crippen LogP contribution is -2.22. The Hall–Kier alpha value is -3.88. The normalized spacial score (nSPS) is 11.1. The topological polar surface area (TPSA) is 73.2 Å². The van der Waals surface area contributed by atoms with Gasteiger partial charge in [0.25, 0.3) is 5.56 Å². The minimum Gasteiger partial charge on any atom is -0.493 e. The first kappa shape index (κ1) is 27.7. The lowest BCUT2D eigenvalue weighted by Gasteiger charge is -2.13. The van der Waals surface area contributed by atoms with Crippen LogP contribution in [0.4, 0.5) is 5.69 Å². The second kappa shape index (κ2) is 12.5. The van der Waals surface area contributed by atoms with E-state index in [1.54, 1.807) is 4.57 Å². The predicted molar refractivity (Wildman–Crippen MR) is 166 cm³/mol. The first-order valence-corrected chi connectivity index (χ1v) is 15.2. The summed E-state index contributed by atoms with van der Waals surface area (Å²) in [7, 11) is 0. The van der Waals surface area contributed by atoms with Crippen LogP contribution < -0.4 is 15.6 Å². The minimum absolute atomic E-state index is 0.117. The molecule has 2 aromatic heterocycles. The van der Waals surface area contributed by atoms with Crippen LogP contribution in [-0.2, 0) is 17.6 Å². The molecule has 0 atom stereocenters. The number of aryl methyl sites for hydroxylation is 2. The van der Waals surface area contributed by atoms with Gasteiger partial charge in [0.2, 0.25) is 5.91 Å². The second-order valence-corrected chi connectivity index (χ2v) is 11.2. The van der Waals surface area contributed by atoms with E-state index < -0.39 is 0 Å². The molecule has 0 radical (unpaired) electrons. The van der Waals surface area contributed by atoms with Gasteiger partial charge in [-0.05, 0) is 73.4 Å². The summed E-state index contributed by atoms with van der Waals surface area (Å²) in [6.45, 7) is 6.67. The minimum atomic E-state index is -0.155. The highest BCUT2D eigenvalue weighted by Crippen LogP contribution is 2.37. The van der Waals surface area contributed by atoms with Crippen LogP contribution in [0.25, 0.3) is 26.3 Å². The van der Waals surface area contributed by atoms with Crippen molar-refractivity contribution < 1.29 is 9.53 Å². The summed E-state index contributed by atoms with van der Waals surface area (Å²) in [6.07, 6.45) is 1.80. The van der Waals surface area contributed by atoms with Crippen molar-refractivity contribution in [2.75, 3.05) is 17.7 Å². The number of fused-ring (bicyclic) bond motifs is 1. The molecule has 5 aromatic rings. The van der Waals surface area contributed by atoms with E-state index in [2.05, 4.69) is 19.2 Å². The zero-order valence-corrected chi connectivity index (χ0v) is 24.4. The first-order chi connectivity index (χ1) is 19.5. The predicted octanol–water partition coefficient (Wildman–Crippen LogP) is 7.37. The lowest BCUT2D eigenvalue weighted by atomic mass is 10.1. The fraction of sp³-hybridized carbons (Fsp3) is 0.219. The number of aromatic nitrogens is 2. The van der Waals surface area contributed by atoms with Crippen LogP contribution in [0.3, 0.4) is 0 Å². The molecule has 0 aliphatic heterocycles. The number of carbonyl (C=O) groups is 1. The molecule has 5 rings (SSSR count). The quantitative estimate of drug-likeness (QED) is 0.140. The number of rotatable bonds is 10. The Morgan fingerprint density at radius 3 is 2.48 bits per heavy atom. The summed E-state index contributed by atoms with van der Waals surface area (Å²) in [4.78, 5) is 32.7. The Balaban J connectivity index is 1.53. The molecule has 0 saturated heterocycles. The van der Waals surface area contributed by atoms with Crippen LogP contribution in [0.2, 0.25) is 0 Å². The lowest BCUT2D eigenvalue weighted by molar-refractivity contribution is -0.113. The highest BCUT2D eigenvalue weighted by atomic mass is 32.2. The molecular formula is C32H31N3O3S2. The molecule has 2 heterocycles. The number of ether oxygens (including phenoxy) is 1. The molecule has 0 bridgehead atoms. The monoisotopic (exact) mass is 569 g/mol. The summed E-state index contributed by atoms with van der Waals surface area (Å²) in [5.41, 5.74) is 5.19. The van der Waals surface area contributed by atoms with Crippen molar-refractivity contribution in [3.05, 3.63) is 100 Å². The third-order valence-electron chi connectivity index (χ3n) is 6.52. The first-order valence-electron chi connectivity index (χ1n) is 13.4. The third-order valence-corrected chi connectivity index (χ3v) is 8.61. The number of thiophene rings is 1. The molecular weight excluding hydrogens is 539 g/mol. The van der Waals surface area contributed by atoms with Gasteiger partial charge in [-0.2, -0.15) is 0 Å². The Labute approximate surface area is 242 Å². The number of thioether (sulfide) groups is 1. The molecule has 0 spiro atoms. The maximum absolute atomic E-state index is 14.0. The van der Waals surface area contributed by atoms with Gasteiger partial charge in [-0.1, -0.05) is 62.0 Å². The summed E-state index contributed by atoms with van der Waals surface area (Å²) in [5.74, 6) is 0.730. The van der Waals surface area contributed by atoms with E-state index in [1.165, 1.54) is 28.7 Å². The molecule has 0 fully saturated rings. The average molecular weight is 570 g/mol. The summed E-state index contributed by atoms with van der Waals surface area (Å²) in [5, 5.41) is 3.44. The number of benzene rings is 3. The van der Waals surface area contributed by atoms with Crippen molar-refractivity contribution in [2.45, 2.75) is 38.8 Å². The van der Waals surface area contributed by atoms with Gasteiger partial charge in [-0.3, -0.25) is 14.2 Å². The second-order valence-electron chi connectivity index (χ2n) is 9.20. The van der Waals surface area contributed by atoms with E-state index in [9.17, 15) is 9.59 Å². The number of nitrogens with one attached hydrogen (secondary N) is 1. The molecule has 0 unspecified atom stereocenters. The zero-order valence-electron chi connectivity index (χ0n) is 22.8. The molecule has 6 nitrogen and oxygen atoms in total. The van der Waals surface area contributed by atoms with E-state index in [1.807, 2.05) is 85.8 Å². The van der Waals surface area contributed by atoms with E-state index in [0.717, 1.165) is 46.0 Å². The fourth-order valence-corrected chi connectivity index (χ4v) is 6.31. The van der Waals surface area contributed by atoms with Crippen molar-refractivity contribution >= 4 is 44.9 Å². The number of nitrogens with zero attached hydrogens (tertiary/aromatic N) is 2. The van der Waals surface area contributed by atoms with Gasteiger partial charge < -0.3 is 10.1 Å². The van der Waals surface area contributed by atoms with Crippen LogP contribution in [-0.4, -0.2) is 27.8 Å². The highest BCUT2D eigenvalue weighted by Gasteiger charge is 2.19. The SMILES string of the molecule is CCOc1ccccc1-c1cc2nc(SCC(=O)Nc3cccc(CC)c3)n(-c3ccc(CC)cc3)c(=O)c2s1. The Kier molecular flexibility index (Phi) is 8.67. The molecule has 204 valence electrons. The van der Waals surface area contributed by atoms with Crippen LogP contribution in [0.15, 0.2) is 88.8 Å². The maximum atomic E-state index is 14.0. The van der Waals surface area contributed by atoms with Gasteiger partial charge in [-0.15, -0.1) is 11.3 Å². The smallest absolute Gasteiger partial charge is 0.276 e. The van der Waals surface area contributed by atoms with Gasteiger partial charge in [0.05, 0.1) is 23.6 Å². The number of anilines is 1. The van der Waals surface area contributed by atoms with Crippen molar-refractivity contribution in [1.82, 2.24) is 9.55 Å². The van der Waals surface area contributed by atoms with Crippen LogP contribution >= 0.6 is 23.1 Å². The van der Waals surface area contributed by atoms with E-state index in [4.69, 9.17) is 9.72 Å². The fourth-order valence-electron chi connectivity index (χ4n) is 4.44. The largest absolute Gasteiger partial charge is 0.493 e. The Morgan fingerprint density at radius 1 is 0.950 bits per heavy atom. The summed E-state index contributed by atoms with van der Waals surface area (Å²) >= 11 is 2.66. The standard InChI is InChI=1S/C32H31N3O3S2/c1-4-21-14-16-24(17-15-21)35-31(37)30-26(19-28(40-30)25-12-7-8-13-27(25)38-6-3)34-32(35)39-20-29(36)33-23-11-9-10-22(5-2)18-23/h7-19H,4-6,20H2,1-3H3,(H,33,36). The van der Waals surface area contributed by atoms with E-state index >= 15 is 0 Å². The Morgan fingerprint density at radius 2 is 1.73 bits per heavy atom. The summed E-state index contributed by atoms with van der Waals surface area (Å²) in [6, 6.07) is 25.5. The van der Waals surface area contributed by atoms with Crippen molar-refractivity contribution in [2.24, 2.45) is 0 Å². The number of hydrogen-bond acceptors (Lipinski definition) is 6. The van der Waals surface area contributed by atoms with Crippen LogP contribution in [0.5, 0.6) is 5.75 Å². The maximum Gasteiger partial charge on any atom is 0.276 e. The molecule has 0 aliphatic rings.